The van der Waals surface area contributed by atoms with E-state index in [0.29, 0.717) is 17.0 Å². The number of anilines is 1. The van der Waals surface area contributed by atoms with Crippen LogP contribution in [0.2, 0.25) is 0 Å². The fourth-order valence-corrected chi connectivity index (χ4v) is 2.59. The minimum atomic E-state index is -0.461. The standard InChI is InChI=1S/C21H20N2O5/c1-13-4-3-5-17(14(13)2)23-19(24)11-22-20(25)12-27-16-8-6-15-7-9-21(26)28-18(15)10-16/h3-10H,11-12H2,1-2H3,(H,22,25)(H,23,24). The number of amides is 2. The van der Waals surface area contributed by atoms with Crippen molar-refractivity contribution >= 4 is 28.5 Å². The van der Waals surface area contributed by atoms with E-state index in [-0.39, 0.29) is 19.1 Å². The minimum Gasteiger partial charge on any atom is -0.484 e. The summed E-state index contributed by atoms with van der Waals surface area (Å²) in [4.78, 5) is 35.2. The molecule has 0 atom stereocenters. The van der Waals surface area contributed by atoms with Crippen LogP contribution in [0.15, 0.2) is 57.7 Å². The Bertz CT molecular complexity index is 1090. The number of hydrogen-bond acceptors (Lipinski definition) is 5. The molecule has 0 unspecified atom stereocenters. The van der Waals surface area contributed by atoms with Crippen molar-refractivity contribution in [3.63, 3.8) is 0 Å². The monoisotopic (exact) mass is 380 g/mol. The van der Waals surface area contributed by atoms with Crippen LogP contribution in [0.1, 0.15) is 11.1 Å². The maximum absolute atomic E-state index is 12.0. The van der Waals surface area contributed by atoms with Gasteiger partial charge in [-0.25, -0.2) is 4.79 Å². The predicted octanol–water partition coefficient (Wildman–Crippen LogP) is 2.54. The van der Waals surface area contributed by atoms with E-state index in [4.69, 9.17) is 9.15 Å². The third kappa shape index (κ3) is 4.76. The topological polar surface area (TPSA) is 97.6 Å². The molecular formula is C21H20N2O5. The van der Waals surface area contributed by atoms with Crippen LogP contribution < -0.4 is 21.0 Å². The molecule has 0 spiro atoms. The van der Waals surface area contributed by atoms with E-state index >= 15 is 0 Å². The highest BCUT2D eigenvalue weighted by Gasteiger charge is 2.09. The van der Waals surface area contributed by atoms with Crippen LogP contribution in [-0.2, 0) is 9.59 Å². The van der Waals surface area contributed by atoms with Crippen LogP contribution in [0.3, 0.4) is 0 Å². The molecule has 0 aliphatic carbocycles. The summed E-state index contributed by atoms with van der Waals surface area (Å²) in [7, 11) is 0. The molecule has 3 aromatic rings. The van der Waals surface area contributed by atoms with Gasteiger partial charge in [0.25, 0.3) is 5.91 Å². The van der Waals surface area contributed by atoms with Crippen molar-refractivity contribution in [1.82, 2.24) is 5.32 Å². The Hall–Kier alpha value is -3.61. The van der Waals surface area contributed by atoms with E-state index in [1.54, 1.807) is 18.2 Å². The molecule has 7 heteroatoms. The van der Waals surface area contributed by atoms with Crippen LogP contribution in [0.5, 0.6) is 5.75 Å². The maximum Gasteiger partial charge on any atom is 0.336 e. The van der Waals surface area contributed by atoms with Gasteiger partial charge in [0, 0.05) is 23.2 Å². The lowest BCUT2D eigenvalue weighted by atomic mass is 10.1. The predicted molar refractivity (Wildman–Crippen MR) is 106 cm³/mol. The van der Waals surface area contributed by atoms with Gasteiger partial charge in [0.1, 0.15) is 11.3 Å². The molecule has 0 bridgehead atoms. The van der Waals surface area contributed by atoms with E-state index < -0.39 is 11.5 Å². The Balaban J connectivity index is 1.50. The summed E-state index contributed by atoms with van der Waals surface area (Å²) in [5, 5.41) is 6.02. The lowest BCUT2D eigenvalue weighted by Gasteiger charge is -2.11. The van der Waals surface area contributed by atoms with Gasteiger partial charge >= 0.3 is 5.63 Å². The van der Waals surface area contributed by atoms with Crippen molar-refractivity contribution in [3.8, 4) is 5.75 Å². The molecule has 1 aromatic heterocycles. The van der Waals surface area contributed by atoms with Gasteiger partial charge in [-0.05, 0) is 49.2 Å². The highest BCUT2D eigenvalue weighted by Crippen LogP contribution is 2.19. The van der Waals surface area contributed by atoms with Crippen molar-refractivity contribution in [2.45, 2.75) is 13.8 Å². The zero-order valence-electron chi connectivity index (χ0n) is 15.6. The smallest absolute Gasteiger partial charge is 0.336 e. The Labute approximate surface area is 161 Å². The molecule has 0 aliphatic heterocycles. The van der Waals surface area contributed by atoms with Gasteiger partial charge in [0.2, 0.25) is 5.91 Å². The van der Waals surface area contributed by atoms with Gasteiger partial charge in [-0.2, -0.15) is 0 Å². The molecule has 28 heavy (non-hydrogen) atoms. The minimum absolute atomic E-state index is 0.165. The molecule has 1 heterocycles. The van der Waals surface area contributed by atoms with Crippen molar-refractivity contribution < 1.29 is 18.7 Å². The van der Waals surface area contributed by atoms with Gasteiger partial charge in [0.15, 0.2) is 6.61 Å². The Morgan fingerprint density at radius 3 is 2.64 bits per heavy atom. The molecule has 0 saturated heterocycles. The van der Waals surface area contributed by atoms with Crippen molar-refractivity contribution in [2.75, 3.05) is 18.5 Å². The van der Waals surface area contributed by atoms with Crippen molar-refractivity contribution in [3.05, 3.63) is 70.1 Å². The molecule has 2 N–H and O–H groups in total. The van der Waals surface area contributed by atoms with Crippen LogP contribution in [0.25, 0.3) is 11.0 Å². The normalized spacial score (nSPS) is 10.5. The SMILES string of the molecule is Cc1cccc(NC(=O)CNC(=O)COc2ccc3ccc(=O)oc3c2)c1C. The number of hydrogen-bond donors (Lipinski definition) is 2. The quantitative estimate of drug-likeness (QED) is 0.641. The lowest BCUT2D eigenvalue weighted by Crippen LogP contribution is -2.35. The fraction of sp³-hybridized carbons (Fsp3) is 0.190. The number of carbonyl (C=O) groups is 2. The Morgan fingerprint density at radius 2 is 1.82 bits per heavy atom. The largest absolute Gasteiger partial charge is 0.484 e. The number of ether oxygens (including phenoxy) is 1. The highest BCUT2D eigenvalue weighted by atomic mass is 16.5. The number of rotatable bonds is 6. The summed E-state index contributed by atoms with van der Waals surface area (Å²) in [6, 6.07) is 13.5. The molecule has 144 valence electrons. The first-order valence-corrected chi connectivity index (χ1v) is 8.72. The van der Waals surface area contributed by atoms with E-state index in [1.165, 1.54) is 12.1 Å². The van der Waals surface area contributed by atoms with Crippen LogP contribution in [-0.4, -0.2) is 25.0 Å². The Kier molecular flexibility index (Phi) is 5.74. The number of fused-ring (bicyclic) bond motifs is 1. The number of carbonyl (C=O) groups excluding carboxylic acids is 2. The van der Waals surface area contributed by atoms with Crippen molar-refractivity contribution in [1.29, 1.82) is 0 Å². The molecule has 2 amide bonds. The van der Waals surface area contributed by atoms with Gasteiger partial charge in [-0.1, -0.05) is 12.1 Å². The number of nitrogens with one attached hydrogen (secondary N) is 2. The van der Waals surface area contributed by atoms with E-state index in [1.807, 2.05) is 32.0 Å². The third-order valence-electron chi connectivity index (χ3n) is 4.29. The average Bonchev–Trinajstić information content (AvgIpc) is 2.68. The molecular weight excluding hydrogens is 360 g/mol. The average molecular weight is 380 g/mol. The summed E-state index contributed by atoms with van der Waals surface area (Å²) >= 11 is 0. The maximum atomic E-state index is 12.0. The lowest BCUT2D eigenvalue weighted by molar-refractivity contribution is -0.125. The van der Waals surface area contributed by atoms with E-state index in [0.717, 1.165) is 16.5 Å². The second-order valence-electron chi connectivity index (χ2n) is 6.32. The van der Waals surface area contributed by atoms with Gasteiger partial charge in [-0.3, -0.25) is 9.59 Å². The van der Waals surface area contributed by atoms with E-state index in [9.17, 15) is 14.4 Å². The highest BCUT2D eigenvalue weighted by molar-refractivity contribution is 5.95. The van der Waals surface area contributed by atoms with Crippen LogP contribution >= 0.6 is 0 Å². The molecule has 0 aliphatic rings. The number of benzene rings is 2. The molecule has 7 nitrogen and oxygen atoms in total. The van der Waals surface area contributed by atoms with Crippen LogP contribution in [0, 0.1) is 13.8 Å². The zero-order chi connectivity index (χ0) is 20.1. The summed E-state index contributed by atoms with van der Waals surface area (Å²) in [6.45, 7) is 3.45. The fourth-order valence-electron chi connectivity index (χ4n) is 2.59. The summed E-state index contributed by atoms with van der Waals surface area (Å²) in [5.41, 5.74) is 2.68. The summed E-state index contributed by atoms with van der Waals surface area (Å²) in [6.07, 6.45) is 0. The van der Waals surface area contributed by atoms with Gasteiger partial charge in [-0.15, -0.1) is 0 Å². The number of aryl methyl sites for hydroxylation is 1. The molecule has 2 aromatic carbocycles. The first kappa shape index (κ1) is 19.2. The van der Waals surface area contributed by atoms with Gasteiger partial charge in [0.05, 0.1) is 6.54 Å². The zero-order valence-corrected chi connectivity index (χ0v) is 15.6. The first-order valence-electron chi connectivity index (χ1n) is 8.72. The summed E-state index contributed by atoms with van der Waals surface area (Å²) in [5.74, 6) is -0.378. The molecule has 3 rings (SSSR count). The molecule has 0 fully saturated rings. The molecule has 0 radical (unpaired) electrons. The Morgan fingerprint density at radius 1 is 1.04 bits per heavy atom. The second-order valence-corrected chi connectivity index (χ2v) is 6.32. The van der Waals surface area contributed by atoms with Crippen molar-refractivity contribution in [2.24, 2.45) is 0 Å². The van der Waals surface area contributed by atoms with Crippen LogP contribution in [0.4, 0.5) is 5.69 Å². The van der Waals surface area contributed by atoms with Gasteiger partial charge < -0.3 is 19.8 Å². The van der Waals surface area contributed by atoms with E-state index in [2.05, 4.69) is 10.6 Å². The first-order chi connectivity index (χ1) is 13.4. The molecule has 0 saturated carbocycles. The third-order valence-corrected chi connectivity index (χ3v) is 4.29. The summed E-state index contributed by atoms with van der Waals surface area (Å²) < 4.78 is 10.5. The second kappa shape index (κ2) is 8.39.